The first-order valence-electron chi connectivity index (χ1n) is 7.24. The van der Waals surface area contributed by atoms with Gasteiger partial charge in [-0.3, -0.25) is 14.4 Å². The Kier molecular flexibility index (Phi) is 5.06. The zero-order chi connectivity index (χ0) is 18.3. The lowest BCUT2D eigenvalue weighted by molar-refractivity contribution is -0.129. The summed E-state index contributed by atoms with van der Waals surface area (Å²) < 4.78 is 0.667. The molecule has 0 aromatic carbocycles. The van der Waals surface area contributed by atoms with Crippen LogP contribution in [0.1, 0.15) is 38.1 Å². The van der Waals surface area contributed by atoms with E-state index in [9.17, 15) is 14.4 Å². The molecule has 0 atom stereocenters. The molecule has 2 aromatic heterocycles. The van der Waals surface area contributed by atoms with Gasteiger partial charge in [-0.05, 0) is 18.1 Å². The van der Waals surface area contributed by atoms with Crippen molar-refractivity contribution in [2.45, 2.75) is 19.9 Å². The van der Waals surface area contributed by atoms with E-state index in [0.29, 0.717) is 34.4 Å². The summed E-state index contributed by atoms with van der Waals surface area (Å²) in [5.74, 6) is -1.11. The highest BCUT2D eigenvalue weighted by molar-refractivity contribution is 7.20. The van der Waals surface area contributed by atoms with E-state index in [0.717, 1.165) is 21.8 Å². The van der Waals surface area contributed by atoms with Crippen molar-refractivity contribution in [2.24, 2.45) is 5.73 Å². The van der Waals surface area contributed by atoms with Gasteiger partial charge in [0.05, 0.1) is 22.0 Å². The molecule has 1 aliphatic heterocycles. The van der Waals surface area contributed by atoms with E-state index in [-0.39, 0.29) is 15.8 Å². The van der Waals surface area contributed by atoms with E-state index in [2.05, 4.69) is 5.32 Å². The van der Waals surface area contributed by atoms with Crippen molar-refractivity contribution < 1.29 is 14.4 Å². The molecule has 10 heteroatoms. The third-order valence-electron chi connectivity index (χ3n) is 3.88. The van der Waals surface area contributed by atoms with Crippen molar-refractivity contribution in [3.05, 3.63) is 36.3 Å². The number of rotatable bonds is 3. The van der Waals surface area contributed by atoms with Crippen molar-refractivity contribution in [1.82, 2.24) is 4.90 Å². The van der Waals surface area contributed by atoms with Crippen molar-refractivity contribution in [3.8, 4) is 0 Å². The molecule has 0 saturated carbocycles. The number of anilines is 1. The first-order chi connectivity index (χ1) is 11.8. The van der Waals surface area contributed by atoms with Crippen LogP contribution in [0.25, 0.3) is 0 Å². The number of nitrogens with two attached hydrogens (primary N) is 1. The highest BCUT2D eigenvalue weighted by Crippen LogP contribution is 2.38. The van der Waals surface area contributed by atoms with E-state index in [1.54, 1.807) is 4.90 Å². The number of fused-ring (bicyclic) bond motifs is 1. The number of hydrogen-bond donors (Lipinski definition) is 2. The van der Waals surface area contributed by atoms with Crippen molar-refractivity contribution in [3.63, 3.8) is 0 Å². The summed E-state index contributed by atoms with van der Waals surface area (Å²) in [6, 6.07) is 1.47. The summed E-state index contributed by atoms with van der Waals surface area (Å²) in [6.45, 7) is 2.41. The maximum Gasteiger partial charge on any atom is 0.258 e. The van der Waals surface area contributed by atoms with Gasteiger partial charge in [-0.25, -0.2) is 0 Å². The molecule has 3 N–H and O–H groups in total. The Labute approximate surface area is 161 Å². The van der Waals surface area contributed by atoms with Gasteiger partial charge in [0.1, 0.15) is 9.34 Å². The van der Waals surface area contributed by atoms with Gasteiger partial charge in [-0.1, -0.05) is 23.2 Å². The van der Waals surface area contributed by atoms with Crippen LogP contribution in [0.15, 0.2) is 6.07 Å². The zero-order valence-electron chi connectivity index (χ0n) is 13.0. The summed E-state index contributed by atoms with van der Waals surface area (Å²) in [4.78, 5) is 38.5. The van der Waals surface area contributed by atoms with Crippen LogP contribution < -0.4 is 11.1 Å². The van der Waals surface area contributed by atoms with Crippen LogP contribution in [0, 0.1) is 0 Å². The van der Waals surface area contributed by atoms with E-state index < -0.39 is 11.8 Å². The van der Waals surface area contributed by atoms with Gasteiger partial charge < -0.3 is 16.0 Å². The van der Waals surface area contributed by atoms with Crippen LogP contribution in [0.4, 0.5) is 5.00 Å². The normalized spacial score (nSPS) is 13.5. The summed E-state index contributed by atoms with van der Waals surface area (Å²) >= 11 is 14.2. The molecule has 1 aliphatic rings. The van der Waals surface area contributed by atoms with Gasteiger partial charge in [0, 0.05) is 18.3 Å². The Morgan fingerprint density at radius 1 is 1.28 bits per heavy atom. The van der Waals surface area contributed by atoms with E-state index in [4.69, 9.17) is 28.9 Å². The molecule has 25 heavy (non-hydrogen) atoms. The minimum atomic E-state index is -0.612. The molecule has 6 nitrogen and oxygen atoms in total. The summed E-state index contributed by atoms with van der Waals surface area (Å²) in [5, 5.41) is 3.07. The highest BCUT2D eigenvalue weighted by atomic mass is 35.5. The number of halogens is 2. The minimum Gasteiger partial charge on any atom is -0.365 e. The quantitative estimate of drug-likeness (QED) is 0.801. The number of carbonyl (C=O) groups is 3. The topological polar surface area (TPSA) is 92.5 Å². The smallest absolute Gasteiger partial charge is 0.258 e. The van der Waals surface area contributed by atoms with Gasteiger partial charge >= 0.3 is 0 Å². The number of nitrogens with zero attached hydrogens (tertiary/aromatic N) is 1. The highest BCUT2D eigenvalue weighted by Gasteiger charge is 2.29. The van der Waals surface area contributed by atoms with Crippen LogP contribution in [-0.4, -0.2) is 29.2 Å². The lowest BCUT2D eigenvalue weighted by Crippen LogP contribution is -2.34. The maximum absolute atomic E-state index is 12.5. The lowest BCUT2D eigenvalue weighted by atomic mass is 10.0. The van der Waals surface area contributed by atoms with Crippen LogP contribution in [0.2, 0.25) is 8.67 Å². The molecule has 0 spiro atoms. The second-order valence-corrected chi connectivity index (χ2v) is 8.85. The van der Waals surface area contributed by atoms with Crippen LogP contribution in [0.5, 0.6) is 0 Å². The molecule has 3 heterocycles. The first kappa shape index (κ1) is 18.2. The summed E-state index contributed by atoms with van der Waals surface area (Å²) in [6.07, 6.45) is 0.518. The summed E-state index contributed by atoms with van der Waals surface area (Å²) in [7, 11) is 0. The van der Waals surface area contributed by atoms with E-state index in [1.165, 1.54) is 24.3 Å². The molecule has 0 aliphatic carbocycles. The Balaban J connectivity index is 1.94. The first-order valence-corrected chi connectivity index (χ1v) is 9.62. The van der Waals surface area contributed by atoms with Crippen molar-refractivity contribution in [1.29, 1.82) is 0 Å². The second-order valence-electron chi connectivity index (χ2n) is 5.45. The Bertz CT molecular complexity index is 891. The van der Waals surface area contributed by atoms with Gasteiger partial charge in [0.15, 0.2) is 0 Å². The standard InChI is InChI=1S/C15H13Cl2N3O3S2/c1-6(21)20-3-2-7-9(5-20)24-15(11(7)13(18)22)19-14(23)8-4-10(16)25-12(8)17/h4H,2-3,5H2,1H3,(H2,18,22)(H,19,23). The third kappa shape index (κ3) is 3.52. The molecule has 0 unspecified atom stereocenters. The molecule has 0 radical (unpaired) electrons. The number of primary amides is 1. The number of hydrogen-bond acceptors (Lipinski definition) is 5. The average molecular weight is 418 g/mol. The molecule has 3 rings (SSSR count). The number of amides is 3. The van der Waals surface area contributed by atoms with Crippen molar-refractivity contribution in [2.75, 3.05) is 11.9 Å². The molecule has 0 saturated heterocycles. The predicted molar refractivity (Wildman–Crippen MR) is 99.9 cm³/mol. The van der Waals surface area contributed by atoms with E-state index in [1.807, 2.05) is 0 Å². The Morgan fingerprint density at radius 3 is 2.56 bits per heavy atom. The molecule has 3 amide bonds. The van der Waals surface area contributed by atoms with Crippen LogP contribution in [0.3, 0.4) is 0 Å². The van der Waals surface area contributed by atoms with Crippen molar-refractivity contribution >= 4 is 68.6 Å². The maximum atomic E-state index is 12.5. The molecular formula is C15H13Cl2N3O3S2. The SMILES string of the molecule is CC(=O)N1CCc2c(sc(NC(=O)c3cc(Cl)sc3Cl)c2C(N)=O)C1. The van der Waals surface area contributed by atoms with E-state index >= 15 is 0 Å². The lowest BCUT2D eigenvalue weighted by Gasteiger charge is -2.25. The van der Waals surface area contributed by atoms with Gasteiger partial charge in [0.2, 0.25) is 5.91 Å². The fourth-order valence-electron chi connectivity index (χ4n) is 2.69. The Hall–Kier alpha value is -1.61. The van der Waals surface area contributed by atoms with Crippen LogP contribution in [-0.2, 0) is 17.8 Å². The fourth-order valence-corrected chi connectivity index (χ4v) is 5.41. The monoisotopic (exact) mass is 417 g/mol. The molecule has 0 bridgehead atoms. The molecular weight excluding hydrogens is 405 g/mol. The second kappa shape index (κ2) is 6.95. The Morgan fingerprint density at radius 2 is 2.00 bits per heavy atom. The predicted octanol–water partition coefficient (Wildman–Crippen LogP) is 3.37. The number of thiophene rings is 2. The minimum absolute atomic E-state index is 0.0371. The zero-order valence-corrected chi connectivity index (χ0v) is 16.2. The summed E-state index contributed by atoms with van der Waals surface area (Å²) in [5.41, 5.74) is 6.85. The van der Waals surface area contributed by atoms with Gasteiger partial charge in [0.25, 0.3) is 11.8 Å². The number of carbonyl (C=O) groups excluding carboxylic acids is 3. The molecule has 2 aromatic rings. The molecule has 132 valence electrons. The number of nitrogens with one attached hydrogen (secondary N) is 1. The largest absolute Gasteiger partial charge is 0.365 e. The third-order valence-corrected chi connectivity index (χ3v) is 6.50. The van der Waals surface area contributed by atoms with Crippen LogP contribution >= 0.6 is 45.9 Å². The van der Waals surface area contributed by atoms with Gasteiger partial charge in [-0.2, -0.15) is 0 Å². The van der Waals surface area contributed by atoms with Gasteiger partial charge in [-0.15, -0.1) is 22.7 Å². The molecule has 0 fully saturated rings. The average Bonchev–Trinajstić information content (AvgIpc) is 3.05. The fraction of sp³-hybridized carbons (Fsp3) is 0.267.